The van der Waals surface area contributed by atoms with E-state index in [1.54, 1.807) is 25.2 Å². The molecule has 1 aromatic carbocycles. The van der Waals surface area contributed by atoms with Gasteiger partial charge in [-0.3, -0.25) is 4.79 Å². The summed E-state index contributed by atoms with van der Waals surface area (Å²) < 4.78 is 10.8. The van der Waals surface area contributed by atoms with Crippen molar-refractivity contribution in [1.82, 2.24) is 4.90 Å². The van der Waals surface area contributed by atoms with Crippen molar-refractivity contribution in [2.45, 2.75) is 6.92 Å². The standard InChI is InChI=1S/C13H16N2O3/c1-3-17-11-6-4-5-7-12(11)18-10-13(16)15(2)9-8-14/h4-7H,3,9-10H2,1-2H3. The van der Waals surface area contributed by atoms with Crippen LogP contribution in [0.1, 0.15) is 6.92 Å². The van der Waals surface area contributed by atoms with Crippen LogP contribution in [-0.2, 0) is 4.79 Å². The van der Waals surface area contributed by atoms with Crippen molar-refractivity contribution in [3.05, 3.63) is 24.3 Å². The molecule has 0 saturated carbocycles. The number of carbonyl (C=O) groups is 1. The largest absolute Gasteiger partial charge is 0.490 e. The molecule has 5 nitrogen and oxygen atoms in total. The van der Waals surface area contributed by atoms with E-state index in [9.17, 15) is 4.79 Å². The van der Waals surface area contributed by atoms with Gasteiger partial charge in [-0.25, -0.2) is 0 Å². The number of hydrogen-bond donors (Lipinski definition) is 0. The Balaban J connectivity index is 2.58. The van der Waals surface area contributed by atoms with Crippen molar-refractivity contribution in [2.24, 2.45) is 0 Å². The van der Waals surface area contributed by atoms with Crippen molar-refractivity contribution >= 4 is 5.91 Å². The molecule has 1 rings (SSSR count). The summed E-state index contributed by atoms with van der Waals surface area (Å²) in [4.78, 5) is 12.9. The highest BCUT2D eigenvalue weighted by atomic mass is 16.5. The van der Waals surface area contributed by atoms with Crippen LogP contribution >= 0.6 is 0 Å². The molecule has 1 aromatic rings. The maximum Gasteiger partial charge on any atom is 0.261 e. The molecule has 96 valence electrons. The SMILES string of the molecule is CCOc1ccccc1OCC(=O)N(C)CC#N. The summed E-state index contributed by atoms with van der Waals surface area (Å²) in [6, 6.07) is 9.06. The number of ether oxygens (including phenoxy) is 2. The van der Waals surface area contributed by atoms with Crippen LogP contribution in [0.2, 0.25) is 0 Å². The molecule has 5 heteroatoms. The molecule has 0 heterocycles. The van der Waals surface area contributed by atoms with E-state index < -0.39 is 0 Å². The third kappa shape index (κ3) is 3.98. The molecule has 0 saturated heterocycles. The van der Waals surface area contributed by atoms with E-state index in [0.29, 0.717) is 18.1 Å². The number of benzene rings is 1. The van der Waals surface area contributed by atoms with Gasteiger partial charge in [0.25, 0.3) is 5.91 Å². The third-order valence-electron chi connectivity index (χ3n) is 2.23. The number of nitriles is 1. The van der Waals surface area contributed by atoms with Gasteiger partial charge in [0.15, 0.2) is 18.1 Å². The first-order valence-corrected chi connectivity index (χ1v) is 5.64. The maximum absolute atomic E-state index is 11.6. The quantitative estimate of drug-likeness (QED) is 0.715. The molecular weight excluding hydrogens is 232 g/mol. The maximum atomic E-state index is 11.6. The molecule has 0 bridgehead atoms. The Bertz CT molecular complexity index is 440. The summed E-state index contributed by atoms with van der Waals surface area (Å²) in [5.74, 6) is 0.886. The molecular formula is C13H16N2O3. The van der Waals surface area contributed by atoms with Crippen LogP contribution in [0.15, 0.2) is 24.3 Å². The van der Waals surface area contributed by atoms with Gasteiger partial charge in [0.05, 0.1) is 12.7 Å². The fraction of sp³-hybridized carbons (Fsp3) is 0.385. The van der Waals surface area contributed by atoms with Crippen LogP contribution < -0.4 is 9.47 Å². The molecule has 18 heavy (non-hydrogen) atoms. The van der Waals surface area contributed by atoms with E-state index in [1.807, 2.05) is 19.1 Å². The third-order valence-corrected chi connectivity index (χ3v) is 2.23. The molecule has 0 fully saturated rings. The zero-order valence-electron chi connectivity index (χ0n) is 10.5. The Kier molecular flexibility index (Phi) is 5.52. The lowest BCUT2D eigenvalue weighted by molar-refractivity contribution is -0.131. The Morgan fingerprint density at radius 1 is 1.33 bits per heavy atom. The van der Waals surface area contributed by atoms with Gasteiger partial charge in [-0.2, -0.15) is 5.26 Å². The second-order valence-electron chi connectivity index (χ2n) is 3.58. The highest BCUT2D eigenvalue weighted by Gasteiger charge is 2.10. The van der Waals surface area contributed by atoms with E-state index in [4.69, 9.17) is 14.7 Å². The second-order valence-corrected chi connectivity index (χ2v) is 3.58. The minimum absolute atomic E-state index is 0.0509. The molecule has 0 aromatic heterocycles. The fourth-order valence-electron chi connectivity index (χ4n) is 1.29. The summed E-state index contributed by atoms with van der Waals surface area (Å²) in [6.45, 7) is 2.35. The van der Waals surface area contributed by atoms with Gasteiger partial charge in [-0.15, -0.1) is 0 Å². The normalized spacial score (nSPS) is 9.39. The summed E-state index contributed by atoms with van der Waals surface area (Å²) in [7, 11) is 1.56. The Morgan fingerprint density at radius 3 is 2.50 bits per heavy atom. The average molecular weight is 248 g/mol. The number of amides is 1. The van der Waals surface area contributed by atoms with Crippen LogP contribution in [0.25, 0.3) is 0 Å². The topological polar surface area (TPSA) is 62.6 Å². The zero-order chi connectivity index (χ0) is 13.4. The van der Waals surface area contributed by atoms with Gasteiger partial charge in [0, 0.05) is 7.05 Å². The average Bonchev–Trinajstić information content (AvgIpc) is 2.38. The lowest BCUT2D eigenvalue weighted by atomic mass is 10.3. The molecule has 0 aliphatic carbocycles. The minimum Gasteiger partial charge on any atom is -0.490 e. The van der Waals surface area contributed by atoms with Gasteiger partial charge < -0.3 is 14.4 Å². The Labute approximate surface area is 107 Å². The van der Waals surface area contributed by atoms with Crippen molar-refractivity contribution in [3.63, 3.8) is 0 Å². The second kappa shape index (κ2) is 7.17. The first-order chi connectivity index (χ1) is 8.69. The van der Waals surface area contributed by atoms with Gasteiger partial charge in [0.1, 0.15) is 6.54 Å². The highest BCUT2D eigenvalue weighted by Crippen LogP contribution is 2.26. The molecule has 0 unspecified atom stereocenters. The molecule has 0 atom stereocenters. The van der Waals surface area contributed by atoms with Crippen LogP contribution in [0.5, 0.6) is 11.5 Å². The number of carbonyl (C=O) groups excluding carboxylic acids is 1. The van der Waals surface area contributed by atoms with E-state index in [-0.39, 0.29) is 19.1 Å². The van der Waals surface area contributed by atoms with Gasteiger partial charge in [-0.1, -0.05) is 12.1 Å². The van der Waals surface area contributed by atoms with Gasteiger partial charge in [-0.05, 0) is 19.1 Å². The lowest BCUT2D eigenvalue weighted by Gasteiger charge is -2.15. The van der Waals surface area contributed by atoms with E-state index in [2.05, 4.69) is 0 Å². The van der Waals surface area contributed by atoms with Crippen molar-refractivity contribution < 1.29 is 14.3 Å². The van der Waals surface area contributed by atoms with E-state index in [0.717, 1.165) is 0 Å². The number of likely N-dealkylation sites (N-methyl/N-ethyl adjacent to an activating group) is 1. The predicted molar refractivity (Wildman–Crippen MR) is 66.4 cm³/mol. The molecule has 0 N–H and O–H groups in total. The first-order valence-electron chi connectivity index (χ1n) is 5.64. The Morgan fingerprint density at radius 2 is 1.94 bits per heavy atom. The smallest absolute Gasteiger partial charge is 0.261 e. The van der Waals surface area contributed by atoms with E-state index in [1.165, 1.54) is 4.90 Å². The summed E-state index contributed by atoms with van der Waals surface area (Å²) in [5, 5.41) is 8.48. The van der Waals surface area contributed by atoms with Crippen LogP contribution in [0.4, 0.5) is 0 Å². The van der Waals surface area contributed by atoms with Crippen molar-refractivity contribution in [1.29, 1.82) is 5.26 Å². The highest BCUT2D eigenvalue weighted by molar-refractivity contribution is 5.77. The number of hydrogen-bond acceptors (Lipinski definition) is 4. The van der Waals surface area contributed by atoms with Gasteiger partial charge in [0.2, 0.25) is 0 Å². The molecule has 0 spiro atoms. The van der Waals surface area contributed by atoms with Crippen molar-refractivity contribution in [2.75, 3.05) is 26.8 Å². The zero-order valence-corrected chi connectivity index (χ0v) is 10.5. The monoisotopic (exact) mass is 248 g/mol. The first kappa shape index (κ1) is 13.8. The lowest BCUT2D eigenvalue weighted by Crippen LogP contribution is -2.31. The van der Waals surface area contributed by atoms with Crippen LogP contribution in [0, 0.1) is 11.3 Å². The fourth-order valence-corrected chi connectivity index (χ4v) is 1.29. The van der Waals surface area contributed by atoms with Gasteiger partial charge >= 0.3 is 0 Å². The number of rotatable bonds is 6. The van der Waals surface area contributed by atoms with Crippen LogP contribution in [-0.4, -0.2) is 37.6 Å². The Hall–Kier alpha value is -2.22. The number of para-hydroxylation sites is 2. The van der Waals surface area contributed by atoms with E-state index >= 15 is 0 Å². The molecule has 0 radical (unpaired) electrons. The molecule has 0 aliphatic rings. The molecule has 0 aliphatic heterocycles. The number of nitrogens with zero attached hydrogens (tertiary/aromatic N) is 2. The summed E-state index contributed by atoms with van der Waals surface area (Å²) in [5.41, 5.74) is 0. The van der Waals surface area contributed by atoms with Crippen molar-refractivity contribution in [3.8, 4) is 17.6 Å². The minimum atomic E-state index is -0.247. The summed E-state index contributed by atoms with van der Waals surface area (Å²) in [6.07, 6.45) is 0. The molecule has 1 amide bonds. The summed E-state index contributed by atoms with van der Waals surface area (Å²) >= 11 is 0. The van der Waals surface area contributed by atoms with Crippen LogP contribution in [0.3, 0.4) is 0 Å². The predicted octanol–water partition coefficient (Wildman–Crippen LogP) is 1.45.